The number of carboxylic acid groups (broad SMARTS) is 1. The van der Waals surface area contributed by atoms with Crippen molar-refractivity contribution < 1.29 is 19.0 Å². The van der Waals surface area contributed by atoms with Gasteiger partial charge < -0.3 is 14.7 Å². The number of halogens is 2. The number of rotatable bonds is 2. The van der Waals surface area contributed by atoms with Crippen molar-refractivity contribution in [3.05, 3.63) is 41.4 Å². The Morgan fingerprint density at radius 2 is 2.05 bits per heavy atom. The third-order valence-electron chi connectivity index (χ3n) is 7.86. The van der Waals surface area contributed by atoms with E-state index in [1.807, 2.05) is 25.3 Å². The van der Waals surface area contributed by atoms with Gasteiger partial charge in [-0.25, -0.2) is 24.1 Å². The summed E-state index contributed by atoms with van der Waals surface area (Å²) in [6.45, 7) is 2.34. The van der Waals surface area contributed by atoms with Gasteiger partial charge in [0.1, 0.15) is 28.5 Å². The minimum absolute atomic E-state index is 0.0381. The first kappa shape index (κ1) is 23.7. The zero-order valence-corrected chi connectivity index (χ0v) is 22.0. The Bertz CT molecular complexity index is 1650. The van der Waals surface area contributed by atoms with Crippen molar-refractivity contribution in [3.8, 4) is 17.1 Å². The minimum atomic E-state index is -0.935. The maximum absolute atomic E-state index is 16.4. The van der Waals surface area contributed by atoms with Gasteiger partial charge in [0.25, 0.3) is 0 Å². The molecule has 9 nitrogen and oxygen atoms in total. The Hall–Kier alpha value is -3.44. The molecule has 0 saturated carbocycles. The number of pyridine rings is 2. The van der Waals surface area contributed by atoms with E-state index >= 15 is 4.39 Å². The average Bonchev–Trinajstić information content (AvgIpc) is 3.16. The van der Waals surface area contributed by atoms with Crippen LogP contribution in [0, 0.1) is 5.82 Å². The largest absolute Gasteiger partial charge is 0.472 e. The number of fused-ring (bicyclic) bond motifs is 6. The summed E-state index contributed by atoms with van der Waals surface area (Å²) in [4.78, 5) is 34.1. The first-order valence-electron chi connectivity index (χ1n) is 12.3. The van der Waals surface area contributed by atoms with Crippen LogP contribution in [0.5, 0.6) is 5.88 Å². The molecule has 194 valence electrons. The van der Waals surface area contributed by atoms with E-state index in [0.29, 0.717) is 38.9 Å². The number of hydrogen-bond donors (Lipinski definition) is 1. The summed E-state index contributed by atoms with van der Waals surface area (Å²) < 4.78 is 22.9. The van der Waals surface area contributed by atoms with Gasteiger partial charge in [0, 0.05) is 40.3 Å². The molecule has 0 radical (unpaired) electrons. The van der Waals surface area contributed by atoms with E-state index in [9.17, 15) is 9.90 Å². The highest BCUT2D eigenvalue weighted by molar-refractivity contribution is 7.98. The second-order valence-corrected chi connectivity index (χ2v) is 11.0. The van der Waals surface area contributed by atoms with Crippen LogP contribution in [0.1, 0.15) is 19.8 Å². The fraction of sp³-hybridized carbons (Fsp3) is 0.346. The smallest absolute Gasteiger partial charge is 0.407 e. The number of anilines is 1. The van der Waals surface area contributed by atoms with Crippen LogP contribution in [0.3, 0.4) is 0 Å². The molecule has 2 bridgehead atoms. The van der Waals surface area contributed by atoms with Crippen molar-refractivity contribution in [2.75, 3.05) is 17.7 Å². The lowest BCUT2D eigenvalue weighted by atomic mass is 9.98. The van der Waals surface area contributed by atoms with E-state index in [1.165, 1.54) is 11.8 Å². The fourth-order valence-corrected chi connectivity index (χ4v) is 7.00. The Balaban J connectivity index is 1.50. The molecule has 38 heavy (non-hydrogen) atoms. The van der Waals surface area contributed by atoms with Crippen LogP contribution in [-0.2, 0) is 0 Å². The van der Waals surface area contributed by atoms with Crippen molar-refractivity contribution in [2.24, 2.45) is 0 Å². The van der Waals surface area contributed by atoms with Crippen molar-refractivity contribution in [3.63, 3.8) is 0 Å². The molecular weight excluding hydrogens is 531 g/mol. The van der Waals surface area contributed by atoms with Gasteiger partial charge in [-0.3, -0.25) is 9.88 Å². The molecule has 1 N–H and O–H groups in total. The molecule has 1 amide bonds. The fourth-order valence-electron chi connectivity index (χ4n) is 6.36. The van der Waals surface area contributed by atoms with Crippen molar-refractivity contribution >= 4 is 56.9 Å². The summed E-state index contributed by atoms with van der Waals surface area (Å²) >= 11 is 7.86. The van der Waals surface area contributed by atoms with Gasteiger partial charge in [-0.2, -0.15) is 0 Å². The van der Waals surface area contributed by atoms with Gasteiger partial charge in [-0.05, 0) is 32.1 Å². The quantitative estimate of drug-likeness (QED) is 0.264. The molecule has 2 fully saturated rings. The van der Waals surface area contributed by atoms with E-state index in [2.05, 4.69) is 14.9 Å². The number of carbonyl (C=O) groups is 1. The predicted octanol–water partition coefficient (Wildman–Crippen LogP) is 5.23. The van der Waals surface area contributed by atoms with E-state index in [0.717, 1.165) is 18.2 Å². The predicted molar refractivity (Wildman–Crippen MR) is 143 cm³/mol. The van der Waals surface area contributed by atoms with Crippen LogP contribution < -0.4 is 9.64 Å². The van der Waals surface area contributed by atoms with E-state index < -0.39 is 18.0 Å². The maximum Gasteiger partial charge on any atom is 0.407 e. The van der Waals surface area contributed by atoms with Gasteiger partial charge in [0.05, 0.1) is 18.1 Å². The zero-order valence-electron chi connectivity index (χ0n) is 20.4. The normalized spacial score (nSPS) is 23.9. The number of hydrogen-bond acceptors (Lipinski definition) is 8. The van der Waals surface area contributed by atoms with Crippen LogP contribution in [0.2, 0.25) is 5.02 Å². The van der Waals surface area contributed by atoms with Gasteiger partial charge in [0.2, 0.25) is 5.88 Å². The monoisotopic (exact) mass is 552 g/mol. The molecule has 3 aliphatic rings. The molecule has 4 aromatic rings. The highest BCUT2D eigenvalue weighted by Gasteiger charge is 2.53. The summed E-state index contributed by atoms with van der Waals surface area (Å²) in [7, 11) is 0. The number of nitrogens with zero attached hydrogens (tertiary/aromatic N) is 6. The lowest BCUT2D eigenvalue weighted by molar-refractivity contribution is 0.0707. The van der Waals surface area contributed by atoms with E-state index in [-0.39, 0.29) is 35.2 Å². The second kappa shape index (κ2) is 8.54. The van der Waals surface area contributed by atoms with Crippen LogP contribution in [-0.4, -0.2) is 73.1 Å². The Labute approximate surface area is 226 Å². The number of piperazine rings is 1. The van der Waals surface area contributed by atoms with Crippen LogP contribution >= 0.6 is 23.4 Å². The molecule has 4 atom stereocenters. The molecule has 12 heteroatoms. The highest BCUT2D eigenvalue weighted by atomic mass is 35.5. The van der Waals surface area contributed by atoms with Crippen molar-refractivity contribution in [1.29, 1.82) is 0 Å². The molecule has 4 unspecified atom stereocenters. The highest BCUT2D eigenvalue weighted by Crippen LogP contribution is 2.46. The Kier molecular flexibility index (Phi) is 5.31. The SMILES string of the molecule is CSc1nc2c3c(nc(-c4cncc5cccc(Cl)c45)c(F)c3n1)OC(C)C1C3CCC(CN21)N3C(=O)O. The first-order chi connectivity index (χ1) is 18.4. The molecular formula is C26H22ClFN6O3S. The van der Waals surface area contributed by atoms with Gasteiger partial charge >= 0.3 is 6.09 Å². The van der Waals surface area contributed by atoms with Crippen LogP contribution in [0.4, 0.5) is 15.0 Å². The molecule has 3 aromatic heterocycles. The third kappa shape index (κ3) is 3.27. The number of thioether (sulfide) groups is 1. The Morgan fingerprint density at radius 1 is 1.21 bits per heavy atom. The van der Waals surface area contributed by atoms with Crippen LogP contribution in [0.15, 0.2) is 35.7 Å². The van der Waals surface area contributed by atoms with Crippen molar-refractivity contribution in [2.45, 2.75) is 49.2 Å². The summed E-state index contributed by atoms with van der Waals surface area (Å²) in [5, 5.41) is 12.6. The second-order valence-electron chi connectivity index (χ2n) is 9.82. The minimum Gasteiger partial charge on any atom is -0.472 e. The summed E-state index contributed by atoms with van der Waals surface area (Å²) in [6, 6.07) is 4.65. The maximum atomic E-state index is 16.4. The molecule has 0 spiro atoms. The molecule has 1 aromatic carbocycles. The van der Waals surface area contributed by atoms with Gasteiger partial charge in [-0.1, -0.05) is 35.5 Å². The molecule has 6 heterocycles. The zero-order chi connectivity index (χ0) is 26.3. The first-order valence-corrected chi connectivity index (χ1v) is 13.9. The van der Waals surface area contributed by atoms with Crippen molar-refractivity contribution in [1.82, 2.24) is 24.8 Å². The third-order valence-corrected chi connectivity index (χ3v) is 8.72. The van der Waals surface area contributed by atoms with Crippen LogP contribution in [0.25, 0.3) is 32.9 Å². The number of ether oxygens (including phenoxy) is 1. The molecule has 3 aliphatic heterocycles. The van der Waals surface area contributed by atoms with Gasteiger partial charge in [0.15, 0.2) is 11.0 Å². The van der Waals surface area contributed by atoms with E-state index in [1.54, 1.807) is 23.4 Å². The molecule has 2 saturated heterocycles. The molecule has 7 rings (SSSR count). The number of benzene rings is 1. The van der Waals surface area contributed by atoms with Gasteiger partial charge in [-0.15, -0.1) is 0 Å². The summed E-state index contributed by atoms with van der Waals surface area (Å²) in [5.41, 5.74) is 0.573. The number of amides is 1. The lowest BCUT2D eigenvalue weighted by Gasteiger charge is -2.47. The lowest BCUT2D eigenvalue weighted by Crippen LogP contribution is -2.64. The topological polar surface area (TPSA) is 105 Å². The molecule has 0 aliphatic carbocycles. The Morgan fingerprint density at radius 3 is 2.84 bits per heavy atom. The summed E-state index contributed by atoms with van der Waals surface area (Å²) in [6.07, 6.45) is 5.15. The number of aromatic nitrogens is 4. The average molecular weight is 553 g/mol. The summed E-state index contributed by atoms with van der Waals surface area (Å²) in [5.74, 6) is 0.124. The van der Waals surface area contributed by atoms with E-state index in [4.69, 9.17) is 26.3 Å². The standard InChI is InChI=1S/C26H22ClFN6O3S/c1-11-22-16-7-6-13(34(16)26(35)36)10-33(22)23-18-21(31-25(32-23)38-2)19(28)20(30-24(18)37-11)14-9-29-8-12-4-3-5-15(27)17(12)14/h3-5,8-9,11,13,16,22H,6-7,10H2,1-2H3,(H,35,36).